The zero-order chi connectivity index (χ0) is 13.2. The minimum absolute atomic E-state index is 0.508. The van der Waals surface area contributed by atoms with Crippen LogP contribution in [0.2, 0.25) is 0 Å². The summed E-state index contributed by atoms with van der Waals surface area (Å²) in [5.74, 6) is 0.737. The molecule has 0 spiro atoms. The predicted molar refractivity (Wildman–Crippen MR) is 83.0 cm³/mol. The van der Waals surface area contributed by atoms with Crippen molar-refractivity contribution in [3.8, 4) is 0 Å². The molecule has 1 N–H and O–H groups in total. The third-order valence-corrected chi connectivity index (χ3v) is 5.38. The smallest absolute Gasteiger partial charge is 0.0421 e. The molecule has 1 aliphatic carbocycles. The monoisotopic (exact) mass is 271 g/mol. The van der Waals surface area contributed by atoms with Gasteiger partial charge in [0.1, 0.15) is 0 Å². The third-order valence-electron chi connectivity index (χ3n) is 4.31. The fourth-order valence-electron chi connectivity index (χ4n) is 3.16. The van der Waals surface area contributed by atoms with Gasteiger partial charge in [0.2, 0.25) is 0 Å². The van der Waals surface area contributed by atoms with Gasteiger partial charge < -0.3 is 5.32 Å². The molecule has 0 amide bonds. The number of aryl methyl sites for hydroxylation is 1. The fraction of sp³-hybridized carbons (Fsp3) is 0.412. The van der Waals surface area contributed by atoms with Crippen LogP contribution in [0.5, 0.6) is 0 Å². The number of hydrogen-bond donors (Lipinski definition) is 1. The van der Waals surface area contributed by atoms with Gasteiger partial charge in [0.05, 0.1) is 0 Å². The second kappa shape index (κ2) is 5.48. The minimum atomic E-state index is 0.508. The van der Waals surface area contributed by atoms with Gasteiger partial charge in [-0.25, -0.2) is 0 Å². The molecule has 0 bridgehead atoms. The second-order valence-corrected chi connectivity index (χ2v) is 6.29. The van der Waals surface area contributed by atoms with Crippen molar-refractivity contribution < 1.29 is 0 Å². The van der Waals surface area contributed by atoms with Crippen LogP contribution in [0, 0.1) is 0 Å². The summed E-state index contributed by atoms with van der Waals surface area (Å²) in [6.07, 6.45) is 3.61. The van der Waals surface area contributed by atoms with E-state index in [4.69, 9.17) is 0 Å². The molecular weight excluding hydrogens is 250 g/mol. The molecule has 0 saturated heterocycles. The van der Waals surface area contributed by atoms with E-state index < -0.39 is 0 Å². The Hall–Kier alpha value is -1.12. The summed E-state index contributed by atoms with van der Waals surface area (Å²) < 4.78 is 0. The summed E-state index contributed by atoms with van der Waals surface area (Å²) >= 11 is 1.90. The lowest BCUT2D eigenvalue weighted by Gasteiger charge is -2.33. The normalized spacial score (nSPS) is 18.7. The van der Waals surface area contributed by atoms with Crippen LogP contribution in [-0.4, -0.2) is 7.05 Å². The summed E-state index contributed by atoms with van der Waals surface area (Å²) in [6.45, 7) is 2.25. The first-order chi connectivity index (χ1) is 9.33. The summed E-state index contributed by atoms with van der Waals surface area (Å²) in [6, 6.07) is 11.7. The Kier molecular flexibility index (Phi) is 3.72. The molecule has 2 unspecified atom stereocenters. The first-order valence-electron chi connectivity index (χ1n) is 7.14. The van der Waals surface area contributed by atoms with E-state index >= 15 is 0 Å². The van der Waals surface area contributed by atoms with Gasteiger partial charge >= 0.3 is 0 Å². The minimum Gasteiger partial charge on any atom is -0.312 e. The Morgan fingerprint density at radius 3 is 2.89 bits per heavy atom. The number of benzene rings is 1. The maximum absolute atomic E-state index is 3.52. The van der Waals surface area contributed by atoms with Crippen LogP contribution in [0.3, 0.4) is 0 Å². The number of hydrogen-bond acceptors (Lipinski definition) is 2. The van der Waals surface area contributed by atoms with E-state index in [1.807, 2.05) is 11.3 Å². The third kappa shape index (κ3) is 2.35. The Morgan fingerprint density at radius 1 is 1.32 bits per heavy atom. The van der Waals surface area contributed by atoms with E-state index in [1.165, 1.54) is 23.3 Å². The van der Waals surface area contributed by atoms with Crippen molar-refractivity contribution in [2.75, 3.05) is 7.05 Å². The average molecular weight is 271 g/mol. The first kappa shape index (κ1) is 12.9. The van der Waals surface area contributed by atoms with Crippen LogP contribution in [0.15, 0.2) is 35.7 Å². The number of fused-ring (bicyclic) bond motifs is 1. The summed E-state index contributed by atoms with van der Waals surface area (Å²) in [5.41, 5.74) is 4.62. The van der Waals surface area contributed by atoms with Crippen LogP contribution in [0.25, 0.3) is 0 Å². The zero-order valence-electron chi connectivity index (χ0n) is 11.6. The van der Waals surface area contributed by atoms with E-state index in [0.29, 0.717) is 6.04 Å². The van der Waals surface area contributed by atoms with Crippen LogP contribution in [0.4, 0.5) is 0 Å². The topological polar surface area (TPSA) is 12.0 Å². The van der Waals surface area contributed by atoms with Gasteiger partial charge in [-0.15, -0.1) is 11.3 Å². The molecular formula is C17H21NS. The van der Waals surface area contributed by atoms with E-state index in [0.717, 1.165) is 12.3 Å². The fourth-order valence-corrected chi connectivity index (χ4v) is 4.28. The molecule has 1 aromatic heterocycles. The van der Waals surface area contributed by atoms with Crippen molar-refractivity contribution in [1.29, 1.82) is 0 Å². The molecule has 2 atom stereocenters. The molecule has 0 radical (unpaired) electrons. The highest BCUT2D eigenvalue weighted by molar-refractivity contribution is 7.10. The lowest BCUT2D eigenvalue weighted by molar-refractivity contribution is 0.455. The maximum atomic E-state index is 3.52. The summed E-state index contributed by atoms with van der Waals surface area (Å²) in [7, 11) is 2.09. The highest BCUT2D eigenvalue weighted by atomic mass is 32.1. The molecule has 3 rings (SSSR count). The zero-order valence-corrected chi connectivity index (χ0v) is 12.5. The average Bonchev–Trinajstić information content (AvgIpc) is 2.88. The van der Waals surface area contributed by atoms with E-state index in [1.54, 1.807) is 11.1 Å². The number of thiophene rings is 1. The van der Waals surface area contributed by atoms with Gasteiger partial charge in [-0.3, -0.25) is 0 Å². The first-order valence-corrected chi connectivity index (χ1v) is 8.02. The predicted octanol–water partition coefficient (Wildman–Crippen LogP) is 4.30. The van der Waals surface area contributed by atoms with Crippen LogP contribution >= 0.6 is 11.3 Å². The van der Waals surface area contributed by atoms with Gasteiger partial charge in [0.25, 0.3) is 0 Å². The van der Waals surface area contributed by atoms with Gasteiger partial charge in [-0.1, -0.05) is 31.2 Å². The Labute approximate surface area is 119 Å². The lowest BCUT2D eigenvalue weighted by Crippen LogP contribution is -2.25. The molecule has 0 fully saturated rings. The molecule has 0 aliphatic heterocycles. The molecule has 1 aliphatic rings. The van der Waals surface area contributed by atoms with Crippen molar-refractivity contribution in [3.05, 3.63) is 57.3 Å². The van der Waals surface area contributed by atoms with Gasteiger partial charge in [0.15, 0.2) is 0 Å². The van der Waals surface area contributed by atoms with Gasteiger partial charge in [0, 0.05) is 10.9 Å². The standard InChI is InChI=1S/C17H21NS/c1-3-12-8-9-19-17(12)16(18-2)11-14-10-13-6-4-5-7-15(13)14/h4-9,14,16,18H,3,10-11H2,1-2H3. The van der Waals surface area contributed by atoms with Crippen LogP contribution in [-0.2, 0) is 12.8 Å². The second-order valence-electron chi connectivity index (χ2n) is 5.34. The van der Waals surface area contributed by atoms with E-state index in [9.17, 15) is 0 Å². The summed E-state index contributed by atoms with van der Waals surface area (Å²) in [5, 5.41) is 5.75. The van der Waals surface area contributed by atoms with E-state index in [-0.39, 0.29) is 0 Å². The van der Waals surface area contributed by atoms with Crippen molar-refractivity contribution in [3.63, 3.8) is 0 Å². The number of rotatable bonds is 5. The molecule has 0 saturated carbocycles. The van der Waals surface area contributed by atoms with Crippen molar-refractivity contribution in [1.82, 2.24) is 5.32 Å². The quantitative estimate of drug-likeness (QED) is 0.855. The largest absolute Gasteiger partial charge is 0.312 e. The maximum Gasteiger partial charge on any atom is 0.0421 e. The van der Waals surface area contributed by atoms with Crippen LogP contribution < -0.4 is 5.32 Å². The molecule has 19 heavy (non-hydrogen) atoms. The van der Waals surface area contributed by atoms with E-state index in [2.05, 4.69) is 55.0 Å². The molecule has 2 aromatic rings. The van der Waals surface area contributed by atoms with Gasteiger partial charge in [-0.05, 0) is 60.4 Å². The highest BCUT2D eigenvalue weighted by Gasteiger charge is 2.29. The molecule has 1 aromatic carbocycles. The molecule has 1 nitrogen and oxygen atoms in total. The Morgan fingerprint density at radius 2 is 2.16 bits per heavy atom. The van der Waals surface area contributed by atoms with Crippen molar-refractivity contribution in [2.24, 2.45) is 0 Å². The van der Waals surface area contributed by atoms with Gasteiger partial charge in [-0.2, -0.15) is 0 Å². The SMILES string of the molecule is CCc1ccsc1C(CC1Cc2ccccc21)NC. The van der Waals surface area contributed by atoms with Crippen molar-refractivity contribution >= 4 is 11.3 Å². The Balaban J connectivity index is 1.76. The number of nitrogens with one attached hydrogen (secondary N) is 1. The lowest BCUT2D eigenvalue weighted by atomic mass is 9.74. The van der Waals surface area contributed by atoms with Crippen molar-refractivity contribution in [2.45, 2.75) is 38.1 Å². The molecule has 2 heteroatoms. The Bertz CT molecular complexity index is 558. The molecule has 100 valence electrons. The summed E-state index contributed by atoms with van der Waals surface area (Å²) in [4.78, 5) is 1.54. The van der Waals surface area contributed by atoms with Crippen LogP contribution in [0.1, 0.15) is 46.9 Å². The highest BCUT2D eigenvalue weighted by Crippen LogP contribution is 2.41. The molecule has 1 heterocycles.